The molecule has 2 unspecified atom stereocenters. The van der Waals surface area contributed by atoms with Gasteiger partial charge in [-0.3, -0.25) is 9.63 Å². The zero-order valence-electron chi connectivity index (χ0n) is 9.68. The fourth-order valence-electron chi connectivity index (χ4n) is 2.61. The van der Waals surface area contributed by atoms with Gasteiger partial charge in [-0.1, -0.05) is 0 Å². The second kappa shape index (κ2) is 3.82. The van der Waals surface area contributed by atoms with E-state index in [1.807, 2.05) is 5.06 Å². The van der Waals surface area contributed by atoms with E-state index in [1.54, 1.807) is 6.92 Å². The summed E-state index contributed by atoms with van der Waals surface area (Å²) in [6.45, 7) is 2.57. The molecule has 2 aliphatic heterocycles. The number of hydrogen-bond acceptors (Lipinski definition) is 4. The van der Waals surface area contributed by atoms with Gasteiger partial charge in [0, 0.05) is 30.8 Å². The van der Waals surface area contributed by atoms with E-state index in [1.165, 1.54) is 10.8 Å². The molecule has 6 heteroatoms. The van der Waals surface area contributed by atoms with E-state index >= 15 is 0 Å². The maximum atomic E-state index is 11.9. The summed E-state index contributed by atoms with van der Waals surface area (Å²) < 4.78 is 1.19. The molecule has 6 nitrogen and oxygen atoms in total. The summed E-state index contributed by atoms with van der Waals surface area (Å²) in [6, 6.07) is 0.354. The predicted molar refractivity (Wildman–Crippen MR) is 60.5 cm³/mol. The molecule has 92 valence electrons. The van der Waals surface area contributed by atoms with Gasteiger partial charge in [-0.15, -0.1) is 0 Å². The van der Waals surface area contributed by atoms with Gasteiger partial charge in [0.15, 0.2) is 6.23 Å². The van der Waals surface area contributed by atoms with Crippen molar-refractivity contribution in [2.45, 2.75) is 38.5 Å². The number of hydrogen-bond donors (Lipinski definition) is 1. The molecule has 0 aliphatic carbocycles. The number of hydroxylamine groups is 2. The van der Waals surface area contributed by atoms with E-state index in [-0.39, 0.29) is 5.56 Å². The number of H-pyrrole nitrogens is 1. The molecule has 0 spiro atoms. The highest BCUT2D eigenvalue weighted by Gasteiger charge is 2.38. The van der Waals surface area contributed by atoms with Gasteiger partial charge in [0.25, 0.3) is 5.56 Å². The van der Waals surface area contributed by atoms with Gasteiger partial charge in [0.05, 0.1) is 0 Å². The van der Waals surface area contributed by atoms with E-state index in [9.17, 15) is 9.59 Å². The van der Waals surface area contributed by atoms with Crippen LogP contribution in [0.25, 0.3) is 0 Å². The average molecular weight is 237 g/mol. The van der Waals surface area contributed by atoms with Crippen LogP contribution >= 0.6 is 0 Å². The summed E-state index contributed by atoms with van der Waals surface area (Å²) in [7, 11) is 0. The molecule has 1 aromatic heterocycles. The van der Waals surface area contributed by atoms with Crippen molar-refractivity contribution in [2.24, 2.45) is 0 Å². The molecule has 0 saturated carbocycles. The van der Waals surface area contributed by atoms with Gasteiger partial charge >= 0.3 is 5.69 Å². The molecule has 2 atom stereocenters. The van der Waals surface area contributed by atoms with Crippen LogP contribution in [0, 0.1) is 6.92 Å². The van der Waals surface area contributed by atoms with Gasteiger partial charge in [0.2, 0.25) is 0 Å². The first-order valence-corrected chi connectivity index (χ1v) is 5.91. The third-order valence-corrected chi connectivity index (χ3v) is 3.53. The standard InChI is InChI=1S/C11H15N3O3/c1-7-6-12-11(16)14(10(7)15)9-5-8-3-2-4-13(8)17-9/h6,8-9H,2-5H2,1H3,(H,12,16). The van der Waals surface area contributed by atoms with Crippen LogP contribution in [0.1, 0.15) is 31.1 Å². The second-order valence-electron chi connectivity index (χ2n) is 4.68. The average Bonchev–Trinajstić information content (AvgIpc) is 2.84. The number of aromatic amines is 1. The summed E-state index contributed by atoms with van der Waals surface area (Å²) in [4.78, 5) is 31.9. The van der Waals surface area contributed by atoms with E-state index in [2.05, 4.69) is 4.98 Å². The summed E-state index contributed by atoms with van der Waals surface area (Å²) in [5.41, 5.74) is -0.132. The minimum atomic E-state index is -0.448. The molecule has 2 aliphatic rings. The first kappa shape index (κ1) is 10.7. The molecule has 0 amide bonds. The molecular formula is C11H15N3O3. The molecule has 3 heterocycles. The normalized spacial score (nSPS) is 28.5. The minimum Gasteiger partial charge on any atom is -0.314 e. The largest absolute Gasteiger partial charge is 0.330 e. The lowest BCUT2D eigenvalue weighted by Gasteiger charge is -2.15. The Labute approximate surface area is 97.8 Å². The highest BCUT2D eigenvalue weighted by atomic mass is 16.7. The second-order valence-corrected chi connectivity index (χ2v) is 4.68. The van der Waals surface area contributed by atoms with Gasteiger partial charge in [-0.25, -0.2) is 9.36 Å². The van der Waals surface area contributed by atoms with Gasteiger partial charge in [-0.05, 0) is 19.8 Å². The maximum Gasteiger partial charge on any atom is 0.330 e. The van der Waals surface area contributed by atoms with Crippen molar-refractivity contribution in [2.75, 3.05) is 6.54 Å². The molecule has 2 fully saturated rings. The third-order valence-electron chi connectivity index (χ3n) is 3.53. The van der Waals surface area contributed by atoms with Crippen molar-refractivity contribution < 1.29 is 4.84 Å². The van der Waals surface area contributed by atoms with Crippen molar-refractivity contribution in [1.82, 2.24) is 14.6 Å². The van der Waals surface area contributed by atoms with E-state index in [0.29, 0.717) is 18.0 Å². The van der Waals surface area contributed by atoms with Crippen LogP contribution in [0.3, 0.4) is 0 Å². The van der Waals surface area contributed by atoms with Crippen LogP contribution in [-0.2, 0) is 4.84 Å². The number of nitrogens with one attached hydrogen (secondary N) is 1. The topological polar surface area (TPSA) is 67.3 Å². The number of aromatic nitrogens is 2. The van der Waals surface area contributed by atoms with Crippen LogP contribution < -0.4 is 11.2 Å². The van der Waals surface area contributed by atoms with Crippen molar-refractivity contribution in [3.63, 3.8) is 0 Å². The van der Waals surface area contributed by atoms with Crippen LogP contribution in [0.4, 0.5) is 0 Å². The Bertz CT molecular complexity index is 536. The van der Waals surface area contributed by atoms with Crippen LogP contribution in [-0.4, -0.2) is 27.2 Å². The van der Waals surface area contributed by atoms with E-state index in [0.717, 1.165) is 19.4 Å². The lowest BCUT2D eigenvalue weighted by atomic mass is 10.1. The van der Waals surface area contributed by atoms with Gasteiger partial charge in [0.1, 0.15) is 0 Å². The molecule has 2 saturated heterocycles. The Hall–Kier alpha value is -1.40. The summed E-state index contributed by atoms with van der Waals surface area (Å²) in [5.74, 6) is 0. The van der Waals surface area contributed by atoms with Crippen LogP contribution in [0.5, 0.6) is 0 Å². The highest BCUT2D eigenvalue weighted by Crippen LogP contribution is 2.34. The molecule has 0 aromatic carbocycles. The Morgan fingerprint density at radius 2 is 2.29 bits per heavy atom. The fraction of sp³-hybridized carbons (Fsp3) is 0.636. The smallest absolute Gasteiger partial charge is 0.314 e. The van der Waals surface area contributed by atoms with Crippen LogP contribution in [0.2, 0.25) is 0 Å². The minimum absolute atomic E-state index is 0.264. The van der Waals surface area contributed by atoms with Gasteiger partial charge < -0.3 is 4.98 Å². The number of aryl methyl sites for hydroxylation is 1. The van der Waals surface area contributed by atoms with E-state index < -0.39 is 11.9 Å². The fourth-order valence-corrected chi connectivity index (χ4v) is 2.61. The predicted octanol–water partition coefficient (Wildman–Crippen LogP) is 0.143. The van der Waals surface area contributed by atoms with Crippen molar-refractivity contribution in [1.29, 1.82) is 0 Å². The molecule has 17 heavy (non-hydrogen) atoms. The Balaban J connectivity index is 1.98. The molecule has 0 radical (unpaired) electrons. The number of rotatable bonds is 1. The Kier molecular flexibility index (Phi) is 2.41. The lowest BCUT2D eigenvalue weighted by molar-refractivity contribution is -0.172. The maximum absolute atomic E-state index is 11.9. The van der Waals surface area contributed by atoms with Gasteiger partial charge in [-0.2, -0.15) is 5.06 Å². The summed E-state index contributed by atoms with van der Waals surface area (Å²) in [5, 5.41) is 1.90. The number of fused-ring (bicyclic) bond motifs is 1. The zero-order valence-corrected chi connectivity index (χ0v) is 9.68. The monoisotopic (exact) mass is 237 g/mol. The third kappa shape index (κ3) is 1.64. The van der Waals surface area contributed by atoms with Crippen molar-refractivity contribution in [3.05, 3.63) is 32.6 Å². The Morgan fingerprint density at radius 3 is 3.06 bits per heavy atom. The molecule has 1 N–H and O–H groups in total. The molecule has 3 rings (SSSR count). The van der Waals surface area contributed by atoms with Crippen molar-refractivity contribution in [3.8, 4) is 0 Å². The Morgan fingerprint density at radius 1 is 1.47 bits per heavy atom. The zero-order chi connectivity index (χ0) is 12.0. The van der Waals surface area contributed by atoms with E-state index in [4.69, 9.17) is 4.84 Å². The van der Waals surface area contributed by atoms with Crippen molar-refractivity contribution >= 4 is 0 Å². The molecule has 0 bridgehead atoms. The quantitative estimate of drug-likeness (QED) is 0.754. The first-order chi connectivity index (χ1) is 8.16. The molecule has 1 aromatic rings. The van der Waals surface area contributed by atoms with Crippen LogP contribution in [0.15, 0.2) is 15.8 Å². The lowest BCUT2D eigenvalue weighted by Crippen LogP contribution is -2.39. The highest BCUT2D eigenvalue weighted by molar-refractivity contribution is 5.02. The SMILES string of the molecule is Cc1c[nH]c(=O)n(C2CC3CCCN3O2)c1=O. The molecular weight excluding hydrogens is 222 g/mol. The first-order valence-electron chi connectivity index (χ1n) is 5.91. The number of nitrogens with zero attached hydrogens (tertiary/aromatic N) is 2. The summed E-state index contributed by atoms with van der Waals surface area (Å²) in [6.07, 6.45) is 3.91. The summed E-state index contributed by atoms with van der Waals surface area (Å²) >= 11 is 0.